The summed E-state index contributed by atoms with van der Waals surface area (Å²) in [5.41, 5.74) is 1.40. The molecule has 1 aromatic heterocycles. The van der Waals surface area contributed by atoms with Gasteiger partial charge in [-0.05, 0) is 48.3 Å². The molecule has 0 amide bonds. The zero-order chi connectivity index (χ0) is 18.4. The molecule has 4 unspecified atom stereocenters. The second kappa shape index (κ2) is 5.03. The van der Waals surface area contributed by atoms with Crippen molar-refractivity contribution in [2.24, 2.45) is 16.7 Å². The summed E-state index contributed by atoms with van der Waals surface area (Å²) in [6.07, 6.45) is 3.35. The monoisotopic (exact) mass is 371 g/mol. The van der Waals surface area contributed by atoms with E-state index in [1.807, 2.05) is 16.7 Å². The van der Waals surface area contributed by atoms with Crippen LogP contribution in [-0.4, -0.2) is 22.1 Å². The second-order valence-corrected chi connectivity index (χ2v) is 10.1. The predicted molar refractivity (Wildman–Crippen MR) is 106 cm³/mol. The van der Waals surface area contributed by atoms with Crippen molar-refractivity contribution in [1.29, 1.82) is 0 Å². The van der Waals surface area contributed by atoms with Gasteiger partial charge in [0.25, 0.3) is 5.56 Å². The van der Waals surface area contributed by atoms with Crippen molar-refractivity contribution in [3.63, 3.8) is 0 Å². The quantitative estimate of drug-likeness (QED) is 0.732. The van der Waals surface area contributed by atoms with E-state index in [1.54, 1.807) is 6.07 Å². The molecule has 4 atom stereocenters. The lowest BCUT2D eigenvalue weighted by Crippen LogP contribution is -2.52. The SMILES string of the molecule is CCC1C2C3CC(C)(C)CC2(C)CN3c2nc3ccc(Cl)cc3c(=O)n21. The molecule has 2 aliphatic heterocycles. The van der Waals surface area contributed by atoms with Crippen LogP contribution in [0.15, 0.2) is 23.0 Å². The number of fused-ring (bicyclic) bond motifs is 3. The fourth-order valence-corrected chi connectivity index (χ4v) is 6.78. The van der Waals surface area contributed by atoms with E-state index >= 15 is 0 Å². The first-order chi connectivity index (χ1) is 12.2. The maximum absolute atomic E-state index is 13.4. The Labute approximate surface area is 159 Å². The predicted octanol–water partition coefficient (Wildman–Crippen LogP) is 4.65. The van der Waals surface area contributed by atoms with E-state index in [2.05, 4.69) is 32.6 Å². The summed E-state index contributed by atoms with van der Waals surface area (Å²) in [6, 6.07) is 6.18. The number of aromatic nitrogens is 2. The number of nitrogens with zero attached hydrogens (tertiary/aromatic N) is 3. The van der Waals surface area contributed by atoms with Gasteiger partial charge in [-0.3, -0.25) is 9.36 Å². The summed E-state index contributed by atoms with van der Waals surface area (Å²) in [6.45, 7) is 10.4. The van der Waals surface area contributed by atoms with Crippen molar-refractivity contribution in [1.82, 2.24) is 9.55 Å². The normalized spacial score (nSPS) is 34.2. The van der Waals surface area contributed by atoms with Gasteiger partial charge in [0.2, 0.25) is 5.95 Å². The van der Waals surface area contributed by atoms with Crippen LogP contribution in [-0.2, 0) is 0 Å². The molecule has 2 fully saturated rings. The lowest BCUT2D eigenvalue weighted by Gasteiger charge is -2.51. The second-order valence-electron chi connectivity index (χ2n) is 9.64. The van der Waals surface area contributed by atoms with Crippen molar-refractivity contribution in [2.75, 3.05) is 11.4 Å². The Morgan fingerprint density at radius 3 is 2.81 bits per heavy atom. The number of hydrogen-bond donors (Lipinski definition) is 0. The Morgan fingerprint density at radius 1 is 1.31 bits per heavy atom. The maximum atomic E-state index is 13.4. The van der Waals surface area contributed by atoms with Crippen LogP contribution in [0.2, 0.25) is 5.02 Å². The Kier molecular flexibility index (Phi) is 3.22. The summed E-state index contributed by atoms with van der Waals surface area (Å²) < 4.78 is 1.99. The summed E-state index contributed by atoms with van der Waals surface area (Å²) in [5, 5.41) is 1.23. The van der Waals surface area contributed by atoms with Crippen molar-refractivity contribution in [3.05, 3.63) is 33.6 Å². The van der Waals surface area contributed by atoms with E-state index in [0.29, 0.717) is 27.8 Å². The average molecular weight is 372 g/mol. The first kappa shape index (κ1) is 16.6. The Hall–Kier alpha value is -1.55. The number of benzene rings is 1. The van der Waals surface area contributed by atoms with Gasteiger partial charge in [0.05, 0.1) is 10.9 Å². The molecular formula is C21H26ClN3O. The topological polar surface area (TPSA) is 38.1 Å². The third kappa shape index (κ3) is 2.02. The van der Waals surface area contributed by atoms with E-state index in [1.165, 1.54) is 12.8 Å². The zero-order valence-corrected chi connectivity index (χ0v) is 16.7. The Bertz CT molecular complexity index is 981. The van der Waals surface area contributed by atoms with Crippen molar-refractivity contribution < 1.29 is 0 Å². The molecule has 1 saturated carbocycles. The van der Waals surface area contributed by atoms with Crippen molar-refractivity contribution in [2.45, 2.75) is 59.0 Å². The van der Waals surface area contributed by atoms with Gasteiger partial charge >= 0.3 is 0 Å². The van der Waals surface area contributed by atoms with Crippen molar-refractivity contribution >= 4 is 28.5 Å². The molecule has 26 heavy (non-hydrogen) atoms. The summed E-state index contributed by atoms with van der Waals surface area (Å²) in [7, 11) is 0. The number of hydrogen-bond acceptors (Lipinski definition) is 3. The van der Waals surface area contributed by atoms with Crippen LogP contribution in [0.4, 0.5) is 5.95 Å². The first-order valence-electron chi connectivity index (χ1n) is 9.72. The molecule has 3 heterocycles. The van der Waals surface area contributed by atoms with Gasteiger partial charge < -0.3 is 4.90 Å². The lowest BCUT2D eigenvalue weighted by molar-refractivity contribution is 0.0315. The van der Waals surface area contributed by atoms with Crippen LogP contribution in [0.3, 0.4) is 0 Å². The van der Waals surface area contributed by atoms with E-state index in [4.69, 9.17) is 16.6 Å². The highest BCUT2D eigenvalue weighted by Gasteiger charge is 2.62. The average Bonchev–Trinajstić information content (AvgIpc) is 2.69. The largest absolute Gasteiger partial charge is 0.338 e. The van der Waals surface area contributed by atoms with E-state index in [9.17, 15) is 4.79 Å². The van der Waals surface area contributed by atoms with Gasteiger partial charge in [-0.1, -0.05) is 39.3 Å². The first-order valence-corrected chi connectivity index (χ1v) is 10.1. The minimum Gasteiger partial charge on any atom is -0.338 e. The standard InChI is InChI=1S/C21H26ClN3O/c1-5-15-17-16-9-20(2,3)10-21(17,4)11-24(16)19-23-14-7-6-12(22)8-13(14)18(26)25(15)19/h6-8,15-17H,5,9-11H2,1-4H3. The molecule has 0 radical (unpaired) electrons. The van der Waals surface area contributed by atoms with Gasteiger partial charge in [-0.15, -0.1) is 0 Å². The van der Waals surface area contributed by atoms with Gasteiger partial charge in [0, 0.05) is 29.6 Å². The molecule has 1 aliphatic carbocycles. The highest BCUT2D eigenvalue weighted by Crippen LogP contribution is 2.62. The minimum atomic E-state index is 0.0666. The molecule has 138 valence electrons. The Morgan fingerprint density at radius 2 is 2.08 bits per heavy atom. The van der Waals surface area contributed by atoms with Crippen LogP contribution in [0.1, 0.15) is 53.0 Å². The molecule has 5 heteroatoms. The number of rotatable bonds is 1. The fourth-order valence-electron chi connectivity index (χ4n) is 6.61. The molecule has 1 aromatic carbocycles. The molecule has 4 bridgehead atoms. The van der Waals surface area contributed by atoms with Gasteiger partial charge in [-0.2, -0.15) is 0 Å². The smallest absolute Gasteiger partial charge is 0.263 e. The lowest BCUT2D eigenvalue weighted by atomic mass is 9.57. The van der Waals surface area contributed by atoms with Crippen LogP contribution in [0, 0.1) is 16.7 Å². The van der Waals surface area contributed by atoms with Gasteiger partial charge in [0.15, 0.2) is 0 Å². The van der Waals surface area contributed by atoms with Crippen LogP contribution in [0.5, 0.6) is 0 Å². The van der Waals surface area contributed by atoms with Crippen LogP contribution >= 0.6 is 11.6 Å². The molecule has 5 rings (SSSR count). The maximum Gasteiger partial charge on any atom is 0.263 e. The summed E-state index contributed by atoms with van der Waals surface area (Å²) in [5.74, 6) is 1.39. The minimum absolute atomic E-state index is 0.0666. The number of halogens is 1. The highest BCUT2D eigenvalue weighted by atomic mass is 35.5. The fraction of sp³-hybridized carbons (Fsp3) is 0.619. The number of anilines is 1. The molecule has 4 nitrogen and oxygen atoms in total. The molecular weight excluding hydrogens is 346 g/mol. The molecule has 2 aromatic rings. The summed E-state index contributed by atoms with van der Waals surface area (Å²) >= 11 is 6.16. The molecule has 0 spiro atoms. The summed E-state index contributed by atoms with van der Waals surface area (Å²) in [4.78, 5) is 20.8. The Balaban J connectivity index is 1.79. The van der Waals surface area contributed by atoms with E-state index in [0.717, 1.165) is 24.4 Å². The molecule has 0 N–H and O–H groups in total. The molecule has 3 aliphatic rings. The van der Waals surface area contributed by atoms with Crippen LogP contribution < -0.4 is 10.5 Å². The van der Waals surface area contributed by atoms with E-state index < -0.39 is 0 Å². The van der Waals surface area contributed by atoms with Crippen LogP contribution in [0.25, 0.3) is 10.9 Å². The van der Waals surface area contributed by atoms with E-state index in [-0.39, 0.29) is 17.0 Å². The third-order valence-electron chi connectivity index (χ3n) is 7.06. The van der Waals surface area contributed by atoms with Gasteiger partial charge in [-0.25, -0.2) is 4.98 Å². The zero-order valence-electron chi connectivity index (χ0n) is 15.9. The molecule has 1 saturated heterocycles. The van der Waals surface area contributed by atoms with Crippen molar-refractivity contribution in [3.8, 4) is 0 Å². The third-order valence-corrected chi connectivity index (χ3v) is 7.30. The highest BCUT2D eigenvalue weighted by molar-refractivity contribution is 6.31. The van der Waals surface area contributed by atoms with Gasteiger partial charge in [0.1, 0.15) is 0 Å².